The van der Waals surface area contributed by atoms with Crippen LogP contribution in [0.25, 0.3) is 0 Å². The number of methoxy groups -OCH3 is 2. The Hall–Kier alpha value is -1.14. The van der Waals surface area contributed by atoms with Crippen LogP contribution >= 0.6 is 0 Å². The minimum atomic E-state index is -0.711. The van der Waals surface area contributed by atoms with E-state index in [0.29, 0.717) is 12.1 Å². The molecule has 0 unspecified atom stereocenters. The van der Waals surface area contributed by atoms with Crippen molar-refractivity contribution in [3.05, 3.63) is 0 Å². The van der Waals surface area contributed by atoms with Gasteiger partial charge in [-0.25, -0.2) is 10.2 Å². The summed E-state index contributed by atoms with van der Waals surface area (Å²) < 4.78 is 9.88. The van der Waals surface area contributed by atoms with E-state index in [4.69, 9.17) is 15.2 Å². The van der Waals surface area contributed by atoms with Gasteiger partial charge >= 0.3 is 6.03 Å². The summed E-state index contributed by atoms with van der Waals surface area (Å²) in [5.74, 6) is 0. The fraction of sp³-hybridized carbons (Fsp3) is 0.714. The molecule has 6 nitrogen and oxygen atoms in total. The Balaban J connectivity index is 4.28. The molecule has 0 radical (unpaired) electrons. The Morgan fingerprint density at radius 3 is 2.38 bits per heavy atom. The Kier molecular flexibility index (Phi) is 5.82. The highest BCUT2D eigenvalue weighted by molar-refractivity contribution is 5.88. The molecule has 0 aromatic heterocycles. The second-order valence-electron chi connectivity index (χ2n) is 2.24. The summed E-state index contributed by atoms with van der Waals surface area (Å²) >= 11 is 0. The van der Waals surface area contributed by atoms with Crippen molar-refractivity contribution in [3.63, 3.8) is 0 Å². The van der Waals surface area contributed by atoms with Crippen LogP contribution in [-0.2, 0) is 9.47 Å². The van der Waals surface area contributed by atoms with Crippen LogP contribution in [0.15, 0.2) is 5.10 Å². The first-order valence-electron chi connectivity index (χ1n) is 3.83. The Morgan fingerprint density at radius 1 is 1.54 bits per heavy atom. The highest BCUT2D eigenvalue weighted by Crippen LogP contribution is 1.98. The van der Waals surface area contributed by atoms with E-state index in [1.165, 1.54) is 14.2 Å². The predicted octanol–water partition coefficient (Wildman–Crippen LogP) is 0.0396. The number of urea groups is 1. The Morgan fingerprint density at radius 2 is 2.08 bits per heavy atom. The van der Waals surface area contributed by atoms with Gasteiger partial charge in [-0.3, -0.25) is 0 Å². The molecule has 0 rings (SSSR count). The number of hydrazone groups is 1. The maximum Gasteiger partial charge on any atom is 0.332 e. The van der Waals surface area contributed by atoms with E-state index in [1.807, 2.05) is 6.92 Å². The van der Waals surface area contributed by atoms with Crippen molar-refractivity contribution in [3.8, 4) is 0 Å². The van der Waals surface area contributed by atoms with E-state index in [2.05, 4.69) is 10.5 Å². The van der Waals surface area contributed by atoms with Crippen molar-refractivity contribution >= 4 is 11.7 Å². The molecule has 3 N–H and O–H groups in total. The summed E-state index contributed by atoms with van der Waals surface area (Å²) in [6.07, 6.45) is 0.0592. The zero-order valence-electron chi connectivity index (χ0n) is 8.03. The summed E-state index contributed by atoms with van der Waals surface area (Å²) in [7, 11) is 2.98. The number of hydrogen-bond donors (Lipinski definition) is 2. The number of nitrogens with two attached hydrogens (primary N) is 1. The predicted molar refractivity (Wildman–Crippen MR) is 48.3 cm³/mol. The number of rotatable bonds is 5. The summed E-state index contributed by atoms with van der Waals surface area (Å²) in [6, 6.07) is -0.711. The molecular formula is C7H15N3O3. The molecule has 0 saturated heterocycles. The number of nitrogens with one attached hydrogen (secondary N) is 1. The van der Waals surface area contributed by atoms with Gasteiger partial charge < -0.3 is 15.2 Å². The first kappa shape index (κ1) is 11.9. The minimum absolute atomic E-state index is 0.545. The first-order chi connectivity index (χ1) is 6.15. The smallest absolute Gasteiger partial charge is 0.332 e. The lowest BCUT2D eigenvalue weighted by Crippen LogP contribution is -2.31. The van der Waals surface area contributed by atoms with Crippen LogP contribution in [0.2, 0.25) is 0 Å². The van der Waals surface area contributed by atoms with E-state index in [0.717, 1.165) is 0 Å². The van der Waals surface area contributed by atoms with Gasteiger partial charge in [-0.2, -0.15) is 5.10 Å². The molecule has 0 heterocycles. The van der Waals surface area contributed by atoms with Crippen molar-refractivity contribution in [1.82, 2.24) is 5.43 Å². The minimum Gasteiger partial charge on any atom is -0.351 e. The van der Waals surface area contributed by atoms with Crippen LogP contribution in [0, 0.1) is 0 Å². The monoisotopic (exact) mass is 189 g/mol. The van der Waals surface area contributed by atoms with Gasteiger partial charge in [0.05, 0.1) is 5.71 Å². The molecular weight excluding hydrogens is 174 g/mol. The zero-order chi connectivity index (χ0) is 10.3. The normalized spacial score (nSPS) is 11.8. The molecule has 0 aliphatic carbocycles. The average Bonchev–Trinajstić information content (AvgIpc) is 2.11. The van der Waals surface area contributed by atoms with Gasteiger partial charge in [-0.1, -0.05) is 6.92 Å². The van der Waals surface area contributed by atoms with Crippen LogP contribution in [0.5, 0.6) is 0 Å². The molecule has 0 atom stereocenters. The van der Waals surface area contributed by atoms with Crippen molar-refractivity contribution < 1.29 is 14.3 Å². The topological polar surface area (TPSA) is 85.9 Å². The SMILES string of the molecule is CCC(=NNC(N)=O)C(OC)OC. The molecule has 0 bridgehead atoms. The summed E-state index contributed by atoms with van der Waals surface area (Å²) in [5.41, 5.74) is 7.53. The van der Waals surface area contributed by atoms with Gasteiger partial charge in [0, 0.05) is 14.2 Å². The van der Waals surface area contributed by atoms with Crippen LogP contribution in [0.4, 0.5) is 4.79 Å². The third kappa shape index (κ3) is 4.44. The van der Waals surface area contributed by atoms with E-state index in [1.54, 1.807) is 0 Å². The number of nitrogens with zero attached hydrogens (tertiary/aromatic N) is 1. The standard InChI is InChI=1S/C7H15N3O3/c1-4-5(6(12-2)13-3)9-10-7(8)11/h6H,4H2,1-3H3,(H3,8,10,11). The average molecular weight is 189 g/mol. The molecule has 0 aromatic rings. The van der Waals surface area contributed by atoms with Gasteiger partial charge in [-0.05, 0) is 6.42 Å². The number of amides is 2. The number of carbonyl (C=O) groups excluding carboxylic acids is 1. The fourth-order valence-corrected chi connectivity index (χ4v) is 0.794. The van der Waals surface area contributed by atoms with E-state index >= 15 is 0 Å². The number of ether oxygens (including phenoxy) is 2. The fourth-order valence-electron chi connectivity index (χ4n) is 0.794. The molecule has 2 amide bonds. The summed E-state index contributed by atoms with van der Waals surface area (Å²) in [4.78, 5) is 10.3. The van der Waals surface area contributed by atoms with Crippen molar-refractivity contribution in [2.75, 3.05) is 14.2 Å². The largest absolute Gasteiger partial charge is 0.351 e. The maximum atomic E-state index is 10.3. The quantitative estimate of drug-likeness (QED) is 0.363. The first-order valence-corrected chi connectivity index (χ1v) is 3.83. The molecule has 0 saturated carbocycles. The van der Waals surface area contributed by atoms with Gasteiger partial charge in [0.1, 0.15) is 0 Å². The number of carbonyl (C=O) groups is 1. The van der Waals surface area contributed by atoms with Gasteiger partial charge in [0.15, 0.2) is 6.29 Å². The number of primary amides is 1. The zero-order valence-corrected chi connectivity index (χ0v) is 8.03. The lowest BCUT2D eigenvalue weighted by atomic mass is 10.3. The van der Waals surface area contributed by atoms with Gasteiger partial charge in [-0.15, -0.1) is 0 Å². The van der Waals surface area contributed by atoms with Crippen molar-refractivity contribution in [1.29, 1.82) is 0 Å². The van der Waals surface area contributed by atoms with Crippen molar-refractivity contribution in [2.45, 2.75) is 19.6 Å². The molecule has 0 aromatic carbocycles. The molecule has 0 aliphatic rings. The molecule has 0 spiro atoms. The molecule has 76 valence electrons. The van der Waals surface area contributed by atoms with Crippen LogP contribution in [-0.4, -0.2) is 32.3 Å². The van der Waals surface area contributed by atoms with Crippen LogP contribution in [0.1, 0.15) is 13.3 Å². The van der Waals surface area contributed by atoms with E-state index in [-0.39, 0.29) is 0 Å². The molecule has 0 fully saturated rings. The maximum absolute atomic E-state index is 10.3. The molecule has 6 heteroatoms. The van der Waals surface area contributed by atoms with E-state index < -0.39 is 12.3 Å². The molecule has 13 heavy (non-hydrogen) atoms. The Labute approximate surface area is 77.1 Å². The third-order valence-electron chi connectivity index (χ3n) is 1.37. The Bertz CT molecular complexity index is 189. The van der Waals surface area contributed by atoms with E-state index in [9.17, 15) is 4.79 Å². The van der Waals surface area contributed by atoms with Crippen LogP contribution < -0.4 is 11.2 Å². The second-order valence-corrected chi connectivity index (χ2v) is 2.24. The van der Waals surface area contributed by atoms with Gasteiger partial charge in [0.25, 0.3) is 0 Å². The summed E-state index contributed by atoms with van der Waals surface area (Å²) in [6.45, 7) is 1.87. The van der Waals surface area contributed by atoms with Crippen molar-refractivity contribution in [2.24, 2.45) is 10.8 Å². The summed E-state index contributed by atoms with van der Waals surface area (Å²) in [5, 5.41) is 3.73. The van der Waals surface area contributed by atoms with Crippen LogP contribution in [0.3, 0.4) is 0 Å². The lowest BCUT2D eigenvalue weighted by molar-refractivity contribution is -0.0532. The number of hydrogen-bond acceptors (Lipinski definition) is 4. The highest BCUT2D eigenvalue weighted by atomic mass is 16.7. The molecule has 0 aliphatic heterocycles. The highest BCUT2D eigenvalue weighted by Gasteiger charge is 2.12. The lowest BCUT2D eigenvalue weighted by Gasteiger charge is -2.14. The second kappa shape index (κ2) is 6.38. The van der Waals surface area contributed by atoms with Gasteiger partial charge in [0.2, 0.25) is 0 Å². The third-order valence-corrected chi connectivity index (χ3v) is 1.37.